The summed E-state index contributed by atoms with van der Waals surface area (Å²) in [5.41, 5.74) is 4.18. The van der Waals surface area contributed by atoms with E-state index in [0.29, 0.717) is 5.92 Å². The summed E-state index contributed by atoms with van der Waals surface area (Å²) in [6, 6.07) is 19.6. The van der Waals surface area contributed by atoms with E-state index in [9.17, 15) is 0 Å². The van der Waals surface area contributed by atoms with E-state index in [4.69, 9.17) is 0 Å². The molecule has 0 saturated heterocycles. The molecule has 0 N–H and O–H groups in total. The van der Waals surface area contributed by atoms with Gasteiger partial charge < -0.3 is 0 Å². The highest BCUT2D eigenvalue weighted by Crippen LogP contribution is 2.23. The molecule has 0 heterocycles. The molecule has 0 nitrogen and oxygen atoms in total. The smallest absolute Gasteiger partial charge is 0.00610 e. The van der Waals surface area contributed by atoms with Gasteiger partial charge in [0.05, 0.1) is 0 Å². The zero-order valence-corrected chi connectivity index (χ0v) is 9.98. The van der Waals surface area contributed by atoms with Gasteiger partial charge in [0.25, 0.3) is 0 Å². The van der Waals surface area contributed by atoms with Crippen molar-refractivity contribution < 1.29 is 0 Å². The van der Waals surface area contributed by atoms with Crippen LogP contribution in [0.1, 0.15) is 36.5 Å². The first-order valence-corrected chi connectivity index (χ1v) is 5.95. The monoisotopic (exact) mass is 210 g/mol. The first-order chi connectivity index (χ1) is 7.81. The molecule has 0 fully saturated rings. The Morgan fingerprint density at radius 2 is 1.38 bits per heavy atom. The van der Waals surface area contributed by atoms with Crippen LogP contribution in [-0.2, 0) is 6.42 Å². The van der Waals surface area contributed by atoms with E-state index in [1.807, 2.05) is 0 Å². The summed E-state index contributed by atoms with van der Waals surface area (Å²) in [6.07, 6.45) is 1.11. The van der Waals surface area contributed by atoms with Crippen molar-refractivity contribution in [3.8, 4) is 0 Å². The highest BCUT2D eigenvalue weighted by atomic mass is 14.1. The molecule has 0 saturated carbocycles. The Balaban J connectivity index is 2.24. The Kier molecular flexibility index (Phi) is 3.40. The third-order valence-corrected chi connectivity index (χ3v) is 3.19. The van der Waals surface area contributed by atoms with E-state index >= 15 is 0 Å². The van der Waals surface area contributed by atoms with Crippen molar-refractivity contribution in [2.24, 2.45) is 0 Å². The molecule has 0 aliphatic carbocycles. The lowest BCUT2D eigenvalue weighted by Gasteiger charge is -2.12. The van der Waals surface area contributed by atoms with Gasteiger partial charge >= 0.3 is 0 Å². The number of benzene rings is 2. The van der Waals surface area contributed by atoms with Crippen molar-refractivity contribution in [3.63, 3.8) is 0 Å². The van der Waals surface area contributed by atoms with Crippen LogP contribution in [0.2, 0.25) is 0 Å². The molecule has 1 unspecified atom stereocenters. The van der Waals surface area contributed by atoms with Crippen LogP contribution in [0.5, 0.6) is 0 Å². The van der Waals surface area contributed by atoms with Crippen molar-refractivity contribution in [1.82, 2.24) is 0 Å². The second-order valence-electron chi connectivity index (χ2n) is 4.23. The van der Waals surface area contributed by atoms with Crippen molar-refractivity contribution in [1.29, 1.82) is 0 Å². The minimum absolute atomic E-state index is 0.479. The zero-order chi connectivity index (χ0) is 11.4. The summed E-state index contributed by atoms with van der Waals surface area (Å²) in [4.78, 5) is 0. The van der Waals surface area contributed by atoms with Crippen molar-refractivity contribution in [2.45, 2.75) is 26.2 Å². The maximum Gasteiger partial charge on any atom is 0.00610 e. The quantitative estimate of drug-likeness (QED) is 0.704. The molecule has 0 bridgehead atoms. The molecule has 0 aliphatic heterocycles. The maximum absolute atomic E-state index is 2.26. The van der Waals surface area contributed by atoms with Crippen LogP contribution < -0.4 is 0 Å². The number of aryl methyl sites for hydroxylation is 1. The Labute approximate surface area is 97.9 Å². The summed E-state index contributed by atoms with van der Waals surface area (Å²) >= 11 is 0. The Morgan fingerprint density at radius 3 is 1.94 bits per heavy atom. The van der Waals surface area contributed by atoms with Crippen molar-refractivity contribution in [3.05, 3.63) is 71.3 Å². The highest BCUT2D eigenvalue weighted by molar-refractivity contribution is 5.33. The van der Waals surface area contributed by atoms with E-state index < -0.39 is 0 Å². The van der Waals surface area contributed by atoms with Crippen LogP contribution in [0.4, 0.5) is 0 Å². The molecule has 0 radical (unpaired) electrons. The van der Waals surface area contributed by atoms with Crippen LogP contribution in [0.25, 0.3) is 0 Å². The van der Waals surface area contributed by atoms with Crippen LogP contribution >= 0.6 is 0 Å². The van der Waals surface area contributed by atoms with Gasteiger partial charge in [-0.15, -0.1) is 0 Å². The van der Waals surface area contributed by atoms with Crippen LogP contribution in [0, 0.1) is 0 Å². The highest BCUT2D eigenvalue weighted by Gasteiger charge is 2.06. The van der Waals surface area contributed by atoms with Gasteiger partial charge in [-0.3, -0.25) is 0 Å². The summed E-state index contributed by atoms with van der Waals surface area (Å²) in [5, 5.41) is 0. The Morgan fingerprint density at radius 1 is 0.812 bits per heavy atom. The van der Waals surface area contributed by atoms with Gasteiger partial charge in [0.15, 0.2) is 0 Å². The standard InChI is InChI=1S/C16H18/c1-3-14-9-11-16(12-10-14)13(2)15-7-5-4-6-8-15/h4-13H,3H2,1-2H3. The summed E-state index contributed by atoms with van der Waals surface area (Å²) < 4.78 is 0. The normalized spacial score (nSPS) is 12.4. The summed E-state index contributed by atoms with van der Waals surface area (Å²) in [5.74, 6) is 0.479. The second kappa shape index (κ2) is 4.98. The minimum Gasteiger partial charge on any atom is -0.0622 e. The summed E-state index contributed by atoms with van der Waals surface area (Å²) in [6.45, 7) is 4.45. The fourth-order valence-electron chi connectivity index (χ4n) is 1.98. The Hall–Kier alpha value is -1.56. The lowest BCUT2D eigenvalue weighted by atomic mass is 9.92. The van der Waals surface area contributed by atoms with Crippen LogP contribution in [0.15, 0.2) is 54.6 Å². The lowest BCUT2D eigenvalue weighted by Crippen LogP contribution is -1.95. The molecular weight excluding hydrogens is 192 g/mol. The molecule has 0 heteroatoms. The molecular formula is C16H18. The van der Waals surface area contributed by atoms with E-state index in [0.717, 1.165) is 6.42 Å². The van der Waals surface area contributed by atoms with Crippen LogP contribution in [0.3, 0.4) is 0 Å². The topological polar surface area (TPSA) is 0 Å². The molecule has 82 valence electrons. The Bertz CT molecular complexity index is 425. The van der Waals surface area contributed by atoms with Gasteiger partial charge in [0, 0.05) is 5.92 Å². The van der Waals surface area contributed by atoms with Crippen LogP contribution in [-0.4, -0.2) is 0 Å². The van der Waals surface area contributed by atoms with Gasteiger partial charge in [-0.05, 0) is 23.1 Å². The van der Waals surface area contributed by atoms with Gasteiger partial charge in [0.2, 0.25) is 0 Å². The minimum atomic E-state index is 0.479. The predicted octanol–water partition coefficient (Wildman–Crippen LogP) is 4.40. The average Bonchev–Trinajstić information content (AvgIpc) is 2.39. The molecule has 0 amide bonds. The fraction of sp³-hybridized carbons (Fsp3) is 0.250. The van der Waals surface area contributed by atoms with Gasteiger partial charge in [0.1, 0.15) is 0 Å². The molecule has 0 spiro atoms. The SMILES string of the molecule is CCc1ccc(C(C)c2ccccc2)cc1. The van der Waals surface area contributed by atoms with Gasteiger partial charge in [-0.1, -0.05) is 68.4 Å². The van der Waals surface area contributed by atoms with Gasteiger partial charge in [-0.25, -0.2) is 0 Å². The van der Waals surface area contributed by atoms with E-state index in [2.05, 4.69) is 68.4 Å². The number of hydrogen-bond donors (Lipinski definition) is 0. The molecule has 2 aromatic carbocycles. The predicted molar refractivity (Wildman–Crippen MR) is 69.8 cm³/mol. The fourth-order valence-corrected chi connectivity index (χ4v) is 1.98. The number of rotatable bonds is 3. The first-order valence-electron chi connectivity index (χ1n) is 5.95. The molecule has 0 aliphatic rings. The van der Waals surface area contributed by atoms with Crippen molar-refractivity contribution in [2.75, 3.05) is 0 Å². The van der Waals surface area contributed by atoms with E-state index in [1.54, 1.807) is 0 Å². The third kappa shape index (κ3) is 2.33. The van der Waals surface area contributed by atoms with Crippen molar-refractivity contribution >= 4 is 0 Å². The largest absolute Gasteiger partial charge is 0.0622 e. The third-order valence-electron chi connectivity index (χ3n) is 3.19. The van der Waals surface area contributed by atoms with E-state index in [-0.39, 0.29) is 0 Å². The van der Waals surface area contributed by atoms with E-state index in [1.165, 1.54) is 16.7 Å². The molecule has 0 aromatic heterocycles. The lowest BCUT2D eigenvalue weighted by molar-refractivity contribution is 0.919. The molecule has 2 rings (SSSR count). The second-order valence-corrected chi connectivity index (χ2v) is 4.23. The number of hydrogen-bond acceptors (Lipinski definition) is 0. The maximum atomic E-state index is 2.26. The average molecular weight is 210 g/mol. The molecule has 1 atom stereocenters. The summed E-state index contributed by atoms with van der Waals surface area (Å²) in [7, 11) is 0. The molecule has 2 aromatic rings. The zero-order valence-electron chi connectivity index (χ0n) is 9.98. The van der Waals surface area contributed by atoms with Gasteiger partial charge in [-0.2, -0.15) is 0 Å². The molecule has 16 heavy (non-hydrogen) atoms. The first kappa shape index (κ1) is 10.9.